The van der Waals surface area contributed by atoms with Gasteiger partial charge in [0.1, 0.15) is 17.2 Å². The van der Waals surface area contributed by atoms with Crippen LogP contribution in [-0.2, 0) is 19.6 Å². The van der Waals surface area contributed by atoms with Crippen molar-refractivity contribution in [1.82, 2.24) is 29.8 Å². The molecule has 2 heterocycles. The lowest BCUT2D eigenvalue weighted by Crippen LogP contribution is -2.25. The maximum atomic E-state index is 5.82. The molecular weight excluding hydrogens is 504 g/mol. The SMILES string of the molecule is COc1ccc(-c2nn(Cc3ccc(-c4[nH]ncc4CN(C)CCN)c(C)c3)cc2CN(C)CCN)c(OC)c1. The fraction of sp³-hybridized carbons (Fsp3) is 0.400. The summed E-state index contributed by atoms with van der Waals surface area (Å²) in [6, 6.07) is 12.4. The van der Waals surface area contributed by atoms with Gasteiger partial charge >= 0.3 is 0 Å². The molecule has 0 aliphatic rings. The quantitative estimate of drug-likeness (QED) is 0.221. The molecule has 0 spiro atoms. The normalized spacial score (nSPS) is 11.5. The fourth-order valence-corrected chi connectivity index (χ4v) is 5.02. The van der Waals surface area contributed by atoms with Gasteiger partial charge in [-0.25, -0.2) is 0 Å². The molecule has 10 nitrogen and oxygen atoms in total. The minimum absolute atomic E-state index is 0.596. The second kappa shape index (κ2) is 13.6. The number of hydrogen-bond acceptors (Lipinski definition) is 8. The Bertz CT molecular complexity index is 1400. The molecule has 0 atom stereocenters. The van der Waals surface area contributed by atoms with Gasteiger partial charge in [-0.15, -0.1) is 0 Å². The van der Waals surface area contributed by atoms with Crippen LogP contribution in [0, 0.1) is 6.92 Å². The third-order valence-electron chi connectivity index (χ3n) is 7.03. The highest BCUT2D eigenvalue weighted by Gasteiger charge is 2.18. The van der Waals surface area contributed by atoms with Crippen LogP contribution in [0.4, 0.5) is 0 Å². The molecule has 0 radical (unpaired) electrons. The van der Waals surface area contributed by atoms with Crippen LogP contribution in [0.15, 0.2) is 48.8 Å². The molecule has 0 aliphatic heterocycles. The summed E-state index contributed by atoms with van der Waals surface area (Å²) < 4.78 is 13.1. The molecule has 2 aromatic carbocycles. The number of aromatic amines is 1. The summed E-state index contributed by atoms with van der Waals surface area (Å²) in [5, 5.41) is 12.5. The fourth-order valence-electron chi connectivity index (χ4n) is 5.02. The molecule has 10 heteroatoms. The second-order valence-corrected chi connectivity index (χ2v) is 10.2. The van der Waals surface area contributed by atoms with Crippen LogP contribution >= 0.6 is 0 Å². The van der Waals surface area contributed by atoms with Gasteiger partial charge in [0.2, 0.25) is 0 Å². The van der Waals surface area contributed by atoms with Crippen molar-refractivity contribution in [3.63, 3.8) is 0 Å². The zero-order valence-electron chi connectivity index (χ0n) is 24.3. The van der Waals surface area contributed by atoms with Gasteiger partial charge in [0.15, 0.2) is 0 Å². The summed E-state index contributed by atoms with van der Waals surface area (Å²) in [5.41, 5.74) is 20.2. The summed E-state index contributed by atoms with van der Waals surface area (Å²) in [4.78, 5) is 4.40. The minimum Gasteiger partial charge on any atom is -0.497 e. The van der Waals surface area contributed by atoms with E-state index >= 15 is 0 Å². The van der Waals surface area contributed by atoms with E-state index in [2.05, 4.69) is 65.4 Å². The Morgan fingerprint density at radius 3 is 2.25 bits per heavy atom. The van der Waals surface area contributed by atoms with E-state index in [1.54, 1.807) is 14.2 Å². The lowest BCUT2D eigenvalue weighted by molar-refractivity contribution is 0.336. The number of ether oxygens (including phenoxy) is 2. The molecular formula is C30H42N8O2. The predicted molar refractivity (Wildman–Crippen MR) is 159 cm³/mol. The summed E-state index contributed by atoms with van der Waals surface area (Å²) >= 11 is 0. The van der Waals surface area contributed by atoms with E-state index in [-0.39, 0.29) is 0 Å². The number of nitrogens with one attached hydrogen (secondary N) is 1. The van der Waals surface area contributed by atoms with Crippen LogP contribution in [0.5, 0.6) is 11.5 Å². The predicted octanol–water partition coefficient (Wildman–Crippen LogP) is 3.10. The summed E-state index contributed by atoms with van der Waals surface area (Å²) in [6.07, 6.45) is 4.02. The van der Waals surface area contributed by atoms with E-state index in [0.717, 1.165) is 71.3 Å². The molecule has 5 N–H and O–H groups in total. The van der Waals surface area contributed by atoms with Crippen LogP contribution in [0.3, 0.4) is 0 Å². The number of benzene rings is 2. The Kier molecular flexibility index (Phi) is 9.94. The number of H-pyrrole nitrogens is 1. The first-order chi connectivity index (χ1) is 19.4. The van der Waals surface area contributed by atoms with Crippen LogP contribution < -0.4 is 20.9 Å². The zero-order chi connectivity index (χ0) is 28.6. The highest BCUT2D eigenvalue weighted by molar-refractivity contribution is 5.71. The average Bonchev–Trinajstić information content (AvgIpc) is 3.55. The Morgan fingerprint density at radius 1 is 0.900 bits per heavy atom. The molecule has 2 aromatic heterocycles. The average molecular weight is 547 g/mol. The maximum Gasteiger partial charge on any atom is 0.132 e. The van der Waals surface area contributed by atoms with Gasteiger partial charge in [0.25, 0.3) is 0 Å². The standard InChI is InChI=1S/C30H42N8O2/c1-21-14-22(6-8-26(21)29-23(16-33-34-29)18-36(2)12-10-31)17-38-20-24(19-37(3)13-11-32)30(35-38)27-9-7-25(39-4)15-28(27)40-5/h6-9,14-16,20H,10-13,17-19,31-32H2,1-5H3,(H,33,34). The van der Waals surface area contributed by atoms with E-state index in [4.69, 9.17) is 26.0 Å². The van der Waals surface area contributed by atoms with Gasteiger partial charge in [0, 0.05) is 73.8 Å². The topological polar surface area (TPSA) is 123 Å². The Morgan fingerprint density at radius 2 is 1.60 bits per heavy atom. The van der Waals surface area contributed by atoms with Crippen LogP contribution in [0.25, 0.3) is 22.5 Å². The maximum absolute atomic E-state index is 5.82. The smallest absolute Gasteiger partial charge is 0.132 e. The number of rotatable bonds is 14. The highest BCUT2D eigenvalue weighted by atomic mass is 16.5. The van der Waals surface area contributed by atoms with Gasteiger partial charge in [0.05, 0.1) is 32.7 Å². The molecule has 0 aliphatic carbocycles. The van der Waals surface area contributed by atoms with Gasteiger partial charge in [-0.1, -0.05) is 18.2 Å². The van der Waals surface area contributed by atoms with Crippen molar-refractivity contribution in [3.05, 3.63) is 71.0 Å². The molecule has 0 amide bonds. The van der Waals surface area contributed by atoms with E-state index < -0.39 is 0 Å². The van der Waals surface area contributed by atoms with E-state index in [1.165, 1.54) is 11.1 Å². The van der Waals surface area contributed by atoms with Crippen LogP contribution in [-0.4, -0.2) is 84.3 Å². The van der Waals surface area contributed by atoms with Gasteiger partial charge in [-0.3, -0.25) is 9.78 Å². The highest BCUT2D eigenvalue weighted by Crippen LogP contribution is 2.35. The summed E-state index contributed by atoms with van der Waals surface area (Å²) in [7, 11) is 7.46. The lowest BCUT2D eigenvalue weighted by atomic mass is 10.00. The largest absolute Gasteiger partial charge is 0.497 e. The number of nitrogens with two attached hydrogens (primary N) is 2. The zero-order valence-corrected chi connectivity index (χ0v) is 24.3. The number of likely N-dealkylation sites (N-methyl/N-ethyl adjacent to an activating group) is 2. The molecule has 214 valence electrons. The van der Waals surface area contributed by atoms with Crippen molar-refractivity contribution >= 4 is 0 Å². The Labute approximate surface area is 236 Å². The summed E-state index contributed by atoms with van der Waals surface area (Å²) in [5.74, 6) is 1.46. The monoisotopic (exact) mass is 546 g/mol. The first-order valence-corrected chi connectivity index (χ1v) is 13.5. The third kappa shape index (κ3) is 6.89. The molecule has 4 aromatic rings. The van der Waals surface area contributed by atoms with E-state index in [1.807, 2.05) is 29.1 Å². The lowest BCUT2D eigenvalue weighted by Gasteiger charge is -2.16. The first-order valence-electron chi connectivity index (χ1n) is 13.5. The van der Waals surface area contributed by atoms with Gasteiger partial charge in [-0.2, -0.15) is 10.2 Å². The number of aryl methyl sites for hydroxylation is 1. The van der Waals surface area contributed by atoms with Crippen molar-refractivity contribution in [1.29, 1.82) is 0 Å². The van der Waals surface area contributed by atoms with Gasteiger partial charge < -0.3 is 30.7 Å². The van der Waals surface area contributed by atoms with Crippen molar-refractivity contribution in [2.24, 2.45) is 11.5 Å². The Hall–Kier alpha value is -3.70. The molecule has 0 unspecified atom stereocenters. The number of hydrogen-bond donors (Lipinski definition) is 3. The molecule has 0 bridgehead atoms. The number of aromatic nitrogens is 4. The van der Waals surface area contributed by atoms with Crippen LogP contribution in [0.2, 0.25) is 0 Å². The number of nitrogens with zero attached hydrogens (tertiary/aromatic N) is 5. The molecule has 40 heavy (non-hydrogen) atoms. The third-order valence-corrected chi connectivity index (χ3v) is 7.03. The molecule has 4 rings (SSSR count). The first kappa shape index (κ1) is 29.3. The van der Waals surface area contributed by atoms with Crippen LogP contribution in [0.1, 0.15) is 22.3 Å². The van der Waals surface area contributed by atoms with E-state index in [9.17, 15) is 0 Å². The minimum atomic E-state index is 0.596. The second-order valence-electron chi connectivity index (χ2n) is 10.2. The van der Waals surface area contributed by atoms with Gasteiger partial charge in [-0.05, 0) is 44.3 Å². The van der Waals surface area contributed by atoms with Crippen molar-refractivity contribution in [3.8, 4) is 34.0 Å². The molecule has 0 saturated heterocycles. The number of methoxy groups -OCH3 is 2. The molecule has 0 saturated carbocycles. The Balaban J connectivity index is 1.63. The summed E-state index contributed by atoms with van der Waals surface area (Å²) in [6.45, 7) is 7.14. The van der Waals surface area contributed by atoms with Crippen molar-refractivity contribution in [2.45, 2.75) is 26.6 Å². The van der Waals surface area contributed by atoms with Crippen molar-refractivity contribution in [2.75, 3.05) is 54.5 Å². The van der Waals surface area contributed by atoms with Crippen molar-refractivity contribution < 1.29 is 9.47 Å². The van der Waals surface area contributed by atoms with E-state index in [0.29, 0.717) is 19.6 Å². The molecule has 0 fully saturated rings.